The first-order valence-corrected chi connectivity index (χ1v) is 15.0. The lowest BCUT2D eigenvalue weighted by atomic mass is 9.47. The number of phenols is 1. The molecule has 4 aliphatic rings. The molecule has 8 heteroatoms. The Balaban J connectivity index is 1.19. The van der Waals surface area contributed by atoms with Crippen molar-refractivity contribution in [2.24, 2.45) is 33.7 Å². The number of phenolic OH excluding ortho intramolecular Hbond substituents is 1. The maximum atomic E-state index is 12.6. The second-order valence-electron chi connectivity index (χ2n) is 13.0. The van der Waals surface area contributed by atoms with E-state index in [2.05, 4.69) is 36.5 Å². The molecule has 4 aliphatic carbocycles. The number of carbonyl (C=O) groups excluding carboxylic acids is 2. The van der Waals surface area contributed by atoms with Crippen LogP contribution in [0, 0.1) is 28.6 Å². The molecule has 3 fully saturated rings. The zero-order chi connectivity index (χ0) is 29.4. The SMILES string of the molecule is CCOC(=O)[C@@H](Cc1ccc(O)cc1)NC(=O)CON=C1C=C[C@]2(C)C(=C1)CC[C@@H]1[C@H]2CC[C@]2(C)[C@@H]1CC[C@]2(C)O. The van der Waals surface area contributed by atoms with Crippen molar-refractivity contribution >= 4 is 17.6 Å². The lowest BCUT2D eigenvalue weighted by molar-refractivity contribution is -0.147. The molecule has 0 bridgehead atoms. The number of nitrogens with one attached hydrogen (secondary N) is 1. The molecule has 5 rings (SSSR count). The molecule has 0 spiro atoms. The fraction of sp³-hybridized carbons (Fsp3) is 0.606. The average molecular weight is 565 g/mol. The number of hydrogen-bond acceptors (Lipinski definition) is 7. The zero-order valence-corrected chi connectivity index (χ0v) is 24.7. The van der Waals surface area contributed by atoms with Crippen molar-refractivity contribution in [3.8, 4) is 5.75 Å². The highest BCUT2D eigenvalue weighted by Crippen LogP contribution is 2.66. The second-order valence-corrected chi connectivity index (χ2v) is 13.0. The van der Waals surface area contributed by atoms with Gasteiger partial charge in [0.25, 0.3) is 5.91 Å². The normalized spacial score (nSPS) is 35.5. The van der Waals surface area contributed by atoms with Gasteiger partial charge in [-0.15, -0.1) is 0 Å². The summed E-state index contributed by atoms with van der Waals surface area (Å²) >= 11 is 0. The molecule has 1 aromatic carbocycles. The maximum Gasteiger partial charge on any atom is 0.328 e. The topological polar surface area (TPSA) is 117 Å². The van der Waals surface area contributed by atoms with Gasteiger partial charge in [-0.3, -0.25) is 4.79 Å². The quantitative estimate of drug-likeness (QED) is 0.307. The van der Waals surface area contributed by atoms with Crippen molar-refractivity contribution in [3.63, 3.8) is 0 Å². The van der Waals surface area contributed by atoms with Crippen LogP contribution in [0.3, 0.4) is 0 Å². The summed E-state index contributed by atoms with van der Waals surface area (Å²) in [5.74, 6) is 0.852. The summed E-state index contributed by atoms with van der Waals surface area (Å²) in [7, 11) is 0. The standard InChI is InChI=1S/C33H44N2O6/c1-5-40-30(38)28(18-21-6-9-24(36)10-7-21)34-29(37)20-41-35-23-12-15-31(2)22(19-23)8-11-25-26(31)13-16-32(3)27(25)14-17-33(32,4)39/h6-7,9-10,12,15,19,25-28,36,39H,5,8,11,13-14,16-18,20H2,1-4H3,(H,34,37)/t25-,26-,27-,28-,31-,32-,33+/m1/s1. The van der Waals surface area contributed by atoms with E-state index in [-0.39, 0.29) is 36.2 Å². The highest BCUT2D eigenvalue weighted by molar-refractivity contribution is 6.05. The van der Waals surface area contributed by atoms with E-state index < -0.39 is 23.5 Å². The van der Waals surface area contributed by atoms with Crippen molar-refractivity contribution in [2.45, 2.75) is 84.3 Å². The van der Waals surface area contributed by atoms with Gasteiger partial charge in [0.1, 0.15) is 17.5 Å². The highest BCUT2D eigenvalue weighted by atomic mass is 16.6. The van der Waals surface area contributed by atoms with Crippen molar-refractivity contribution in [1.82, 2.24) is 5.32 Å². The molecular weight excluding hydrogens is 520 g/mol. The Morgan fingerprint density at radius 2 is 1.83 bits per heavy atom. The number of oxime groups is 1. The van der Waals surface area contributed by atoms with Gasteiger partial charge in [0.05, 0.1) is 12.2 Å². The molecule has 0 unspecified atom stereocenters. The van der Waals surface area contributed by atoms with Crippen molar-refractivity contribution in [2.75, 3.05) is 13.2 Å². The number of fused-ring (bicyclic) bond motifs is 5. The van der Waals surface area contributed by atoms with E-state index in [0.717, 1.165) is 44.1 Å². The first kappa shape index (κ1) is 29.4. The Hall–Kier alpha value is -3.13. The van der Waals surface area contributed by atoms with Crippen LogP contribution >= 0.6 is 0 Å². The molecule has 41 heavy (non-hydrogen) atoms. The Bertz CT molecular complexity index is 1250. The number of benzene rings is 1. The van der Waals surface area contributed by atoms with Gasteiger partial charge in [0.2, 0.25) is 0 Å². The van der Waals surface area contributed by atoms with Crippen molar-refractivity contribution in [3.05, 3.63) is 53.6 Å². The monoisotopic (exact) mass is 564 g/mol. The Morgan fingerprint density at radius 3 is 2.56 bits per heavy atom. The summed E-state index contributed by atoms with van der Waals surface area (Å²) in [6.45, 7) is 8.29. The minimum absolute atomic E-state index is 0.00149. The number of amides is 1. The van der Waals surface area contributed by atoms with Crippen LogP contribution in [-0.2, 0) is 25.6 Å². The third-order valence-corrected chi connectivity index (χ3v) is 10.8. The number of esters is 1. The van der Waals surface area contributed by atoms with Crippen LogP contribution in [0.15, 0.2) is 53.2 Å². The van der Waals surface area contributed by atoms with Crippen LogP contribution in [0.25, 0.3) is 0 Å². The summed E-state index contributed by atoms with van der Waals surface area (Å²) in [5, 5.41) is 27.6. The van der Waals surface area contributed by atoms with Crippen molar-refractivity contribution < 1.29 is 29.4 Å². The number of allylic oxidation sites excluding steroid dienone is 4. The lowest BCUT2D eigenvalue weighted by Crippen LogP contribution is -2.53. The fourth-order valence-corrected chi connectivity index (χ4v) is 8.21. The van der Waals surface area contributed by atoms with Crippen LogP contribution < -0.4 is 5.32 Å². The molecule has 1 amide bonds. The van der Waals surface area contributed by atoms with Gasteiger partial charge in [-0.1, -0.05) is 42.8 Å². The van der Waals surface area contributed by atoms with E-state index in [4.69, 9.17) is 9.57 Å². The van der Waals surface area contributed by atoms with Crippen LogP contribution in [0.2, 0.25) is 0 Å². The predicted molar refractivity (Wildman–Crippen MR) is 156 cm³/mol. The van der Waals surface area contributed by atoms with E-state index in [9.17, 15) is 19.8 Å². The Morgan fingerprint density at radius 1 is 1.10 bits per heavy atom. The molecule has 3 N–H and O–H groups in total. The van der Waals surface area contributed by atoms with E-state index in [1.165, 1.54) is 17.7 Å². The maximum absolute atomic E-state index is 12.6. The van der Waals surface area contributed by atoms with Crippen LogP contribution in [0.5, 0.6) is 5.75 Å². The third kappa shape index (κ3) is 5.55. The van der Waals surface area contributed by atoms with Gasteiger partial charge < -0.3 is 25.1 Å². The molecule has 8 nitrogen and oxygen atoms in total. The zero-order valence-electron chi connectivity index (χ0n) is 24.7. The predicted octanol–water partition coefficient (Wildman–Crippen LogP) is 4.85. The van der Waals surface area contributed by atoms with E-state index in [1.54, 1.807) is 19.1 Å². The number of nitrogens with zero attached hydrogens (tertiary/aromatic N) is 1. The molecule has 0 saturated heterocycles. The first-order valence-electron chi connectivity index (χ1n) is 15.0. The van der Waals surface area contributed by atoms with Gasteiger partial charge >= 0.3 is 5.97 Å². The molecule has 3 saturated carbocycles. The minimum Gasteiger partial charge on any atom is -0.508 e. The summed E-state index contributed by atoms with van der Waals surface area (Å²) in [5.41, 5.74) is 2.21. The number of aliphatic hydroxyl groups is 1. The van der Waals surface area contributed by atoms with Gasteiger partial charge in [0, 0.05) is 11.8 Å². The number of carbonyl (C=O) groups is 2. The smallest absolute Gasteiger partial charge is 0.328 e. The van der Waals surface area contributed by atoms with Gasteiger partial charge in [-0.25, -0.2) is 4.79 Å². The number of ether oxygens (including phenoxy) is 1. The van der Waals surface area contributed by atoms with Crippen LogP contribution in [-0.4, -0.2) is 52.7 Å². The summed E-state index contributed by atoms with van der Waals surface area (Å²) in [6.07, 6.45) is 12.9. The number of aromatic hydroxyl groups is 1. The second kappa shape index (κ2) is 11.3. The highest BCUT2D eigenvalue weighted by Gasteiger charge is 2.62. The number of rotatable bonds is 8. The van der Waals surface area contributed by atoms with E-state index in [0.29, 0.717) is 23.5 Å². The van der Waals surface area contributed by atoms with Gasteiger partial charge in [-0.2, -0.15) is 0 Å². The van der Waals surface area contributed by atoms with Gasteiger partial charge in [-0.05, 0) is 105 Å². The molecule has 0 heterocycles. The molecular formula is C33H44N2O6. The summed E-state index contributed by atoms with van der Waals surface area (Å²) in [4.78, 5) is 30.5. The third-order valence-electron chi connectivity index (χ3n) is 10.8. The number of hydrogen-bond donors (Lipinski definition) is 3. The molecule has 0 aromatic heterocycles. The largest absolute Gasteiger partial charge is 0.508 e. The van der Waals surface area contributed by atoms with Gasteiger partial charge in [0.15, 0.2) is 6.61 Å². The molecule has 222 valence electrons. The van der Waals surface area contributed by atoms with Crippen LogP contribution in [0.1, 0.15) is 71.8 Å². The molecule has 1 aromatic rings. The van der Waals surface area contributed by atoms with E-state index >= 15 is 0 Å². The molecule has 0 aliphatic heterocycles. The fourth-order valence-electron chi connectivity index (χ4n) is 8.21. The summed E-state index contributed by atoms with van der Waals surface area (Å²) < 4.78 is 5.14. The lowest BCUT2D eigenvalue weighted by Gasteiger charge is -2.58. The Kier molecular flexibility index (Phi) is 8.07. The molecule has 0 radical (unpaired) electrons. The van der Waals surface area contributed by atoms with Crippen LogP contribution in [0.4, 0.5) is 0 Å². The van der Waals surface area contributed by atoms with E-state index in [1.807, 2.05) is 13.0 Å². The Labute approximate surface area is 242 Å². The minimum atomic E-state index is -0.878. The average Bonchev–Trinajstić information content (AvgIpc) is 3.18. The summed E-state index contributed by atoms with van der Waals surface area (Å²) in [6, 6.07) is 5.59. The first-order chi connectivity index (χ1) is 19.5. The molecule has 7 atom stereocenters. The van der Waals surface area contributed by atoms with Crippen molar-refractivity contribution in [1.29, 1.82) is 0 Å².